The van der Waals surface area contributed by atoms with Gasteiger partial charge in [-0.2, -0.15) is 0 Å². The Kier molecular flexibility index (Phi) is 6.09. The van der Waals surface area contributed by atoms with E-state index in [1.54, 1.807) is 6.07 Å². The van der Waals surface area contributed by atoms with Crippen molar-refractivity contribution in [3.8, 4) is 11.5 Å². The first kappa shape index (κ1) is 16.6. The highest BCUT2D eigenvalue weighted by Crippen LogP contribution is 2.25. The lowest BCUT2D eigenvalue weighted by atomic mass is 10.2. The quantitative estimate of drug-likeness (QED) is 0.433. The molecule has 0 aliphatic rings. The van der Waals surface area contributed by atoms with Gasteiger partial charge in [0.2, 0.25) is 9.05 Å². The van der Waals surface area contributed by atoms with Crippen molar-refractivity contribution < 1.29 is 27.4 Å². The maximum Gasteiger partial charge on any atom is 0.341 e. The highest BCUT2D eigenvalue weighted by molar-refractivity contribution is 8.13. The van der Waals surface area contributed by atoms with Gasteiger partial charge in [-0.25, -0.2) is 13.2 Å². The largest absolute Gasteiger partial charge is 0.497 e. The summed E-state index contributed by atoms with van der Waals surface area (Å²) < 4.78 is 36.6. The molecule has 0 aliphatic heterocycles. The summed E-state index contributed by atoms with van der Waals surface area (Å²) in [5.74, 6) is 0.0277. The number of halogens is 1. The fourth-order valence-corrected chi connectivity index (χ4v) is 2.23. The Bertz CT molecular complexity index is 569. The lowest BCUT2D eigenvalue weighted by Crippen LogP contribution is -2.09. The SMILES string of the molecule is COC(=O)c1ccc(OC)cc1OCCCS(=O)(=O)Cl. The molecule has 6 nitrogen and oxygen atoms in total. The minimum atomic E-state index is -3.55. The van der Waals surface area contributed by atoms with Crippen LogP contribution >= 0.6 is 10.7 Å². The second-order valence-electron chi connectivity index (χ2n) is 3.80. The minimum absolute atomic E-state index is 0.100. The molecular weight excluding hydrogens is 308 g/mol. The fourth-order valence-electron chi connectivity index (χ4n) is 1.44. The van der Waals surface area contributed by atoms with Crippen LogP contribution in [0.4, 0.5) is 0 Å². The zero-order valence-corrected chi connectivity index (χ0v) is 12.7. The number of carbonyl (C=O) groups excluding carboxylic acids is 1. The third-order valence-electron chi connectivity index (χ3n) is 2.38. The number of hydrogen-bond donors (Lipinski definition) is 0. The molecule has 0 fully saturated rings. The van der Waals surface area contributed by atoms with E-state index in [1.807, 2.05) is 0 Å². The molecule has 0 amide bonds. The predicted molar refractivity (Wildman–Crippen MR) is 74.1 cm³/mol. The third-order valence-corrected chi connectivity index (χ3v) is 3.62. The van der Waals surface area contributed by atoms with Crippen LogP contribution in [0.5, 0.6) is 11.5 Å². The molecule has 0 unspecified atom stereocenters. The summed E-state index contributed by atoms with van der Waals surface area (Å²) in [5, 5.41) is 0. The molecule has 8 heteroatoms. The van der Waals surface area contributed by atoms with Crippen molar-refractivity contribution in [2.24, 2.45) is 0 Å². The molecule has 0 saturated heterocycles. The van der Waals surface area contributed by atoms with E-state index in [0.29, 0.717) is 5.75 Å². The van der Waals surface area contributed by atoms with Crippen molar-refractivity contribution in [2.75, 3.05) is 26.6 Å². The second kappa shape index (κ2) is 7.35. The van der Waals surface area contributed by atoms with Crippen LogP contribution in [0.3, 0.4) is 0 Å². The van der Waals surface area contributed by atoms with Crippen LogP contribution in [0.2, 0.25) is 0 Å². The van der Waals surface area contributed by atoms with Crippen molar-refractivity contribution in [3.63, 3.8) is 0 Å². The Labute approximate surface area is 122 Å². The molecule has 1 aromatic rings. The van der Waals surface area contributed by atoms with Crippen LogP contribution in [0.25, 0.3) is 0 Å². The number of ether oxygens (including phenoxy) is 3. The number of rotatable bonds is 7. The van der Waals surface area contributed by atoms with Crippen LogP contribution in [-0.2, 0) is 13.8 Å². The second-order valence-corrected chi connectivity index (χ2v) is 6.70. The number of esters is 1. The van der Waals surface area contributed by atoms with E-state index in [0.717, 1.165) is 0 Å². The van der Waals surface area contributed by atoms with Crippen LogP contribution < -0.4 is 9.47 Å². The van der Waals surface area contributed by atoms with Gasteiger partial charge in [0.1, 0.15) is 17.1 Å². The molecule has 0 saturated carbocycles. The smallest absolute Gasteiger partial charge is 0.341 e. The Hall–Kier alpha value is -1.47. The molecule has 0 radical (unpaired) electrons. The summed E-state index contributed by atoms with van der Waals surface area (Å²) in [5.41, 5.74) is 0.238. The summed E-state index contributed by atoms with van der Waals surface area (Å²) >= 11 is 0. The lowest BCUT2D eigenvalue weighted by molar-refractivity contribution is 0.0596. The van der Waals surface area contributed by atoms with E-state index in [2.05, 4.69) is 4.74 Å². The van der Waals surface area contributed by atoms with Crippen molar-refractivity contribution in [1.82, 2.24) is 0 Å². The fraction of sp³-hybridized carbons (Fsp3) is 0.417. The van der Waals surface area contributed by atoms with Crippen molar-refractivity contribution in [3.05, 3.63) is 23.8 Å². The average molecular weight is 323 g/mol. The standard InChI is InChI=1S/C12H15ClO6S/c1-17-9-4-5-10(12(14)18-2)11(8-9)19-6-3-7-20(13,15)16/h4-5,8H,3,6-7H2,1-2H3. The maximum absolute atomic E-state index is 11.6. The monoisotopic (exact) mass is 322 g/mol. The lowest BCUT2D eigenvalue weighted by Gasteiger charge is -2.11. The molecule has 0 N–H and O–H groups in total. The van der Waals surface area contributed by atoms with Crippen LogP contribution in [0.15, 0.2) is 18.2 Å². The highest BCUT2D eigenvalue weighted by atomic mass is 35.7. The molecule has 112 valence electrons. The van der Waals surface area contributed by atoms with Gasteiger partial charge in [0.05, 0.1) is 26.6 Å². The third kappa shape index (κ3) is 5.26. The zero-order valence-electron chi connectivity index (χ0n) is 11.1. The van der Waals surface area contributed by atoms with E-state index in [9.17, 15) is 13.2 Å². The number of benzene rings is 1. The Morgan fingerprint density at radius 2 is 2.00 bits per heavy atom. The van der Waals surface area contributed by atoms with Gasteiger partial charge in [-0.15, -0.1) is 0 Å². The van der Waals surface area contributed by atoms with Gasteiger partial charge < -0.3 is 14.2 Å². The predicted octanol–water partition coefficient (Wildman–Crippen LogP) is 1.82. The van der Waals surface area contributed by atoms with E-state index in [-0.39, 0.29) is 30.1 Å². The van der Waals surface area contributed by atoms with Crippen LogP contribution in [0.1, 0.15) is 16.8 Å². The van der Waals surface area contributed by atoms with E-state index in [1.165, 1.54) is 26.4 Å². The number of carbonyl (C=O) groups is 1. The Morgan fingerprint density at radius 3 is 2.55 bits per heavy atom. The molecule has 0 aromatic heterocycles. The topological polar surface area (TPSA) is 78.9 Å². The molecule has 0 spiro atoms. The summed E-state index contributed by atoms with van der Waals surface area (Å²) in [6.45, 7) is 0.100. The number of methoxy groups -OCH3 is 2. The molecular formula is C12H15ClO6S. The Morgan fingerprint density at radius 1 is 1.30 bits per heavy atom. The van der Waals surface area contributed by atoms with E-state index >= 15 is 0 Å². The van der Waals surface area contributed by atoms with Gasteiger partial charge in [0, 0.05) is 16.7 Å². The molecule has 1 rings (SSSR count). The Balaban J connectivity index is 2.77. The molecule has 1 aromatic carbocycles. The molecule has 0 atom stereocenters. The summed E-state index contributed by atoms with van der Waals surface area (Å²) in [7, 11) is 4.29. The van der Waals surface area contributed by atoms with Crippen molar-refractivity contribution in [1.29, 1.82) is 0 Å². The van der Waals surface area contributed by atoms with E-state index in [4.69, 9.17) is 20.2 Å². The average Bonchev–Trinajstić information content (AvgIpc) is 2.41. The number of hydrogen-bond acceptors (Lipinski definition) is 6. The van der Waals surface area contributed by atoms with Gasteiger partial charge in [-0.3, -0.25) is 0 Å². The maximum atomic E-state index is 11.6. The summed E-state index contributed by atoms with van der Waals surface area (Å²) in [4.78, 5) is 11.6. The van der Waals surface area contributed by atoms with Gasteiger partial charge in [-0.1, -0.05) is 0 Å². The van der Waals surface area contributed by atoms with Crippen LogP contribution in [0, 0.1) is 0 Å². The molecule has 0 heterocycles. The first-order valence-electron chi connectivity index (χ1n) is 5.69. The summed E-state index contributed by atoms with van der Waals surface area (Å²) in [6, 6.07) is 4.64. The molecule has 0 aliphatic carbocycles. The first-order chi connectivity index (χ1) is 9.37. The van der Waals surface area contributed by atoms with Crippen molar-refractivity contribution >= 4 is 25.7 Å². The zero-order chi connectivity index (χ0) is 15.2. The minimum Gasteiger partial charge on any atom is -0.497 e. The van der Waals surface area contributed by atoms with Gasteiger partial charge in [0.15, 0.2) is 0 Å². The normalized spacial score (nSPS) is 10.9. The first-order valence-corrected chi connectivity index (χ1v) is 8.16. The molecule has 0 bridgehead atoms. The van der Waals surface area contributed by atoms with Gasteiger partial charge >= 0.3 is 5.97 Å². The van der Waals surface area contributed by atoms with Gasteiger partial charge in [0.25, 0.3) is 0 Å². The van der Waals surface area contributed by atoms with Crippen LogP contribution in [-0.4, -0.2) is 41.0 Å². The highest BCUT2D eigenvalue weighted by Gasteiger charge is 2.14. The summed E-state index contributed by atoms with van der Waals surface area (Å²) in [6.07, 6.45) is 0.212. The van der Waals surface area contributed by atoms with Gasteiger partial charge in [-0.05, 0) is 18.6 Å². The van der Waals surface area contributed by atoms with Crippen molar-refractivity contribution in [2.45, 2.75) is 6.42 Å². The van der Waals surface area contributed by atoms with E-state index < -0.39 is 15.0 Å². The molecule has 20 heavy (non-hydrogen) atoms.